The van der Waals surface area contributed by atoms with E-state index in [1.165, 1.54) is 31.2 Å². The molecule has 1 aromatic carbocycles. The Bertz CT molecular complexity index is 1090. The summed E-state index contributed by atoms with van der Waals surface area (Å²) in [4.78, 5) is 32.2. The molecule has 2 aromatic rings. The average Bonchev–Trinajstić information content (AvgIpc) is 2.78. The number of carbonyl (C=O) groups is 2. The second kappa shape index (κ2) is 10.8. The minimum Gasteiger partial charge on any atom is -0.339 e. The van der Waals surface area contributed by atoms with Crippen molar-refractivity contribution in [1.29, 1.82) is 5.26 Å². The number of aromatic nitrogens is 1. The highest BCUT2D eigenvalue weighted by Gasteiger charge is 2.35. The van der Waals surface area contributed by atoms with Gasteiger partial charge in [-0.15, -0.1) is 0 Å². The van der Waals surface area contributed by atoms with E-state index in [1.807, 2.05) is 4.90 Å². The van der Waals surface area contributed by atoms with Gasteiger partial charge in [0, 0.05) is 37.6 Å². The molecule has 0 unspecified atom stereocenters. The highest BCUT2D eigenvalue weighted by molar-refractivity contribution is 8.00. The Morgan fingerprint density at radius 3 is 2.41 bits per heavy atom. The number of benzene rings is 1. The molecule has 1 aliphatic heterocycles. The third-order valence-corrected chi connectivity index (χ3v) is 6.04. The van der Waals surface area contributed by atoms with Gasteiger partial charge in [0.2, 0.25) is 11.8 Å². The van der Waals surface area contributed by atoms with Crippen molar-refractivity contribution >= 4 is 29.3 Å². The molecule has 0 spiro atoms. The van der Waals surface area contributed by atoms with Crippen molar-refractivity contribution in [1.82, 2.24) is 14.8 Å². The maximum Gasteiger partial charge on any atom is 0.417 e. The molecule has 1 N–H and O–H groups in total. The van der Waals surface area contributed by atoms with Crippen molar-refractivity contribution in [2.24, 2.45) is 0 Å². The quantitative estimate of drug-likeness (QED) is 0.489. The summed E-state index contributed by atoms with van der Waals surface area (Å²) < 4.78 is 52.7. The molecule has 0 atom stereocenters. The zero-order valence-corrected chi connectivity index (χ0v) is 19.0. The van der Waals surface area contributed by atoms with Crippen LogP contribution < -0.4 is 5.32 Å². The molecule has 7 nitrogen and oxygen atoms in total. The van der Waals surface area contributed by atoms with E-state index in [-0.39, 0.29) is 34.8 Å². The van der Waals surface area contributed by atoms with Gasteiger partial charge in [-0.25, -0.2) is 9.37 Å². The first-order valence-electron chi connectivity index (χ1n) is 10.2. The van der Waals surface area contributed by atoms with Crippen LogP contribution in [0.1, 0.15) is 16.8 Å². The highest BCUT2D eigenvalue weighted by Crippen LogP contribution is 2.35. The van der Waals surface area contributed by atoms with Crippen LogP contribution in [0.4, 0.5) is 23.2 Å². The number of alkyl halides is 3. The molecule has 0 bridgehead atoms. The molecular formula is C22H21F4N5O2S. The summed E-state index contributed by atoms with van der Waals surface area (Å²) in [6, 6.07) is 7.77. The number of nitriles is 1. The molecule has 2 heterocycles. The van der Waals surface area contributed by atoms with E-state index in [2.05, 4.69) is 10.3 Å². The number of nitrogens with one attached hydrogen (secondary N) is 1. The molecule has 2 amide bonds. The van der Waals surface area contributed by atoms with E-state index in [9.17, 15) is 32.4 Å². The Labute approximate surface area is 197 Å². The van der Waals surface area contributed by atoms with Crippen LogP contribution in [0.15, 0.2) is 35.4 Å². The normalized spacial score (nSPS) is 14.5. The van der Waals surface area contributed by atoms with Crippen LogP contribution in [-0.2, 0) is 15.8 Å². The number of thioether (sulfide) groups is 1. The van der Waals surface area contributed by atoms with Crippen molar-refractivity contribution in [2.75, 3.05) is 43.8 Å². The number of aryl methyl sites for hydroxylation is 1. The van der Waals surface area contributed by atoms with Crippen LogP contribution in [0.25, 0.3) is 0 Å². The van der Waals surface area contributed by atoms with E-state index in [1.54, 1.807) is 11.0 Å². The topological polar surface area (TPSA) is 89.3 Å². The van der Waals surface area contributed by atoms with Gasteiger partial charge in [-0.3, -0.25) is 14.5 Å². The minimum absolute atomic E-state index is 0.104. The fourth-order valence-corrected chi connectivity index (χ4v) is 4.35. The molecule has 1 aliphatic rings. The second-order valence-electron chi connectivity index (χ2n) is 7.60. The number of hydrogen-bond acceptors (Lipinski definition) is 6. The fourth-order valence-electron chi connectivity index (χ4n) is 3.39. The average molecular weight is 496 g/mol. The van der Waals surface area contributed by atoms with Gasteiger partial charge in [0.15, 0.2) is 0 Å². The molecule has 180 valence electrons. The second-order valence-corrected chi connectivity index (χ2v) is 8.57. The Kier molecular flexibility index (Phi) is 8.11. The van der Waals surface area contributed by atoms with Gasteiger partial charge in [-0.2, -0.15) is 18.4 Å². The number of piperazine rings is 1. The minimum atomic E-state index is -4.70. The van der Waals surface area contributed by atoms with Gasteiger partial charge in [-0.1, -0.05) is 11.8 Å². The first kappa shape index (κ1) is 25.5. The summed E-state index contributed by atoms with van der Waals surface area (Å²) in [5.41, 5.74) is -1.07. The van der Waals surface area contributed by atoms with E-state index in [0.29, 0.717) is 31.9 Å². The zero-order chi connectivity index (χ0) is 24.9. The number of rotatable bonds is 6. The van der Waals surface area contributed by atoms with Gasteiger partial charge in [0.25, 0.3) is 0 Å². The van der Waals surface area contributed by atoms with Crippen molar-refractivity contribution < 1.29 is 27.2 Å². The number of anilines is 1. The number of halogens is 4. The highest BCUT2D eigenvalue weighted by atomic mass is 32.2. The molecule has 3 rings (SSSR count). The molecule has 1 aromatic heterocycles. The monoisotopic (exact) mass is 495 g/mol. The van der Waals surface area contributed by atoms with Crippen LogP contribution in [0.5, 0.6) is 0 Å². The number of nitrogens with zero attached hydrogens (tertiary/aromatic N) is 4. The summed E-state index contributed by atoms with van der Waals surface area (Å²) >= 11 is 0.802. The first-order valence-corrected chi connectivity index (χ1v) is 11.2. The molecule has 34 heavy (non-hydrogen) atoms. The lowest BCUT2D eigenvalue weighted by Gasteiger charge is -2.34. The predicted molar refractivity (Wildman–Crippen MR) is 117 cm³/mol. The molecular weight excluding hydrogens is 474 g/mol. The number of pyridine rings is 1. The molecule has 0 aliphatic carbocycles. The fraction of sp³-hybridized carbons (Fsp3) is 0.364. The third-order valence-electron chi connectivity index (χ3n) is 5.08. The number of hydrogen-bond donors (Lipinski definition) is 1. The maximum absolute atomic E-state index is 13.2. The van der Waals surface area contributed by atoms with Crippen LogP contribution in [0.3, 0.4) is 0 Å². The summed E-state index contributed by atoms with van der Waals surface area (Å²) in [5.74, 6) is -1.12. The van der Waals surface area contributed by atoms with Gasteiger partial charge < -0.3 is 10.2 Å². The summed E-state index contributed by atoms with van der Waals surface area (Å²) in [7, 11) is 0. The largest absolute Gasteiger partial charge is 0.417 e. The van der Waals surface area contributed by atoms with E-state index < -0.39 is 23.1 Å². The van der Waals surface area contributed by atoms with Crippen LogP contribution in [-0.4, -0.2) is 65.1 Å². The Balaban J connectivity index is 1.51. The zero-order valence-electron chi connectivity index (χ0n) is 18.2. The van der Waals surface area contributed by atoms with Crippen LogP contribution in [0, 0.1) is 24.1 Å². The van der Waals surface area contributed by atoms with Crippen LogP contribution in [0.2, 0.25) is 0 Å². The lowest BCUT2D eigenvalue weighted by Crippen LogP contribution is -2.50. The number of amides is 2. The van der Waals surface area contributed by atoms with Crippen molar-refractivity contribution in [3.05, 3.63) is 53.0 Å². The lowest BCUT2D eigenvalue weighted by atomic mass is 10.1. The SMILES string of the molecule is Cc1cc(C(F)(F)F)c(C#N)c(SCC(=O)N2CCN(CC(=O)Nc3ccc(F)cc3)CC2)n1. The van der Waals surface area contributed by atoms with Gasteiger partial charge in [-0.05, 0) is 37.3 Å². The third kappa shape index (κ3) is 6.68. The van der Waals surface area contributed by atoms with Gasteiger partial charge in [0.1, 0.15) is 16.9 Å². The summed E-state index contributed by atoms with van der Waals surface area (Å²) in [6.07, 6.45) is -4.70. The van der Waals surface area contributed by atoms with Crippen molar-refractivity contribution in [2.45, 2.75) is 18.1 Å². The van der Waals surface area contributed by atoms with E-state index >= 15 is 0 Å². The molecule has 12 heteroatoms. The van der Waals surface area contributed by atoms with E-state index in [0.717, 1.165) is 17.8 Å². The van der Waals surface area contributed by atoms with Crippen molar-refractivity contribution in [3.8, 4) is 6.07 Å². The van der Waals surface area contributed by atoms with Crippen molar-refractivity contribution in [3.63, 3.8) is 0 Å². The van der Waals surface area contributed by atoms with Gasteiger partial charge >= 0.3 is 6.18 Å². The Morgan fingerprint density at radius 2 is 1.82 bits per heavy atom. The molecule has 0 saturated carbocycles. The lowest BCUT2D eigenvalue weighted by molar-refractivity contribution is -0.138. The predicted octanol–water partition coefficient (Wildman–Crippen LogP) is 3.29. The molecule has 1 saturated heterocycles. The molecule has 0 radical (unpaired) electrons. The Morgan fingerprint density at radius 1 is 1.18 bits per heavy atom. The number of carbonyl (C=O) groups excluding carboxylic acids is 2. The summed E-state index contributed by atoms with van der Waals surface area (Å²) in [5, 5.41) is 11.8. The first-order chi connectivity index (χ1) is 16.1. The van der Waals surface area contributed by atoms with E-state index in [4.69, 9.17) is 0 Å². The summed E-state index contributed by atoms with van der Waals surface area (Å²) in [6.45, 7) is 3.09. The molecule has 1 fully saturated rings. The Hall–Kier alpha value is -3.17. The van der Waals surface area contributed by atoms with Crippen LogP contribution >= 0.6 is 11.8 Å². The van der Waals surface area contributed by atoms with Gasteiger partial charge in [0.05, 0.1) is 23.4 Å². The smallest absolute Gasteiger partial charge is 0.339 e. The maximum atomic E-state index is 13.2. The standard InChI is InChI=1S/C22H21F4N5O2S/c1-14-10-18(22(24,25)26)17(11-27)21(28-14)34-13-20(33)31-8-6-30(7-9-31)12-19(32)29-16-4-2-15(23)3-5-16/h2-5,10H,6-9,12-13H2,1H3,(H,29,32).